The van der Waals surface area contributed by atoms with Crippen LogP contribution in [0.25, 0.3) is 87.6 Å². The SMILES string of the molecule is CC1(c2ccccc2)c2ccccc2-c2cc(N(c3ccc(-c4ccc5c(ccc6ccccc65)c4)cc3)c3ccc4c(c3)c(-c3ccccc3)c(-c3ccccc3)c3ccccc34)ccc21. The minimum atomic E-state index is -0.285. The molecule has 1 aliphatic carbocycles. The van der Waals surface area contributed by atoms with E-state index in [0.29, 0.717) is 0 Å². The van der Waals surface area contributed by atoms with Crippen LogP contribution in [0, 0.1) is 0 Å². The van der Waals surface area contributed by atoms with Gasteiger partial charge in [-0.05, 0) is 154 Å². The van der Waals surface area contributed by atoms with Gasteiger partial charge in [-0.1, -0.05) is 212 Å². The van der Waals surface area contributed by atoms with E-state index in [2.05, 4.69) is 267 Å². The predicted molar refractivity (Wildman–Crippen MR) is 285 cm³/mol. The highest BCUT2D eigenvalue weighted by Crippen LogP contribution is 2.54. The summed E-state index contributed by atoms with van der Waals surface area (Å²) in [6.07, 6.45) is 0. The smallest absolute Gasteiger partial charge is 0.0468 e. The van der Waals surface area contributed by atoms with Crippen LogP contribution in [-0.4, -0.2) is 0 Å². The Labute approximate surface area is 391 Å². The summed E-state index contributed by atoms with van der Waals surface area (Å²) < 4.78 is 0. The first-order valence-electron chi connectivity index (χ1n) is 23.3. The van der Waals surface area contributed by atoms with Gasteiger partial charge >= 0.3 is 0 Å². The number of benzene rings is 12. The van der Waals surface area contributed by atoms with Gasteiger partial charge in [-0.15, -0.1) is 0 Å². The van der Waals surface area contributed by atoms with E-state index in [1.807, 2.05) is 0 Å². The topological polar surface area (TPSA) is 3.24 Å². The van der Waals surface area contributed by atoms with Crippen LogP contribution in [-0.2, 0) is 5.41 Å². The van der Waals surface area contributed by atoms with Crippen LogP contribution in [0.5, 0.6) is 0 Å². The average molecular weight is 852 g/mol. The van der Waals surface area contributed by atoms with Gasteiger partial charge in [0.2, 0.25) is 0 Å². The Morgan fingerprint density at radius 2 is 0.791 bits per heavy atom. The molecule has 1 heteroatoms. The van der Waals surface area contributed by atoms with Gasteiger partial charge in [-0.25, -0.2) is 0 Å². The molecule has 0 bridgehead atoms. The molecular weight excluding hydrogens is 807 g/mol. The van der Waals surface area contributed by atoms with Crippen molar-refractivity contribution in [2.45, 2.75) is 12.3 Å². The van der Waals surface area contributed by atoms with Crippen molar-refractivity contribution in [1.29, 1.82) is 0 Å². The molecule has 1 atom stereocenters. The molecule has 1 unspecified atom stereocenters. The van der Waals surface area contributed by atoms with E-state index in [1.54, 1.807) is 0 Å². The van der Waals surface area contributed by atoms with E-state index < -0.39 is 0 Å². The Morgan fingerprint density at radius 3 is 1.55 bits per heavy atom. The van der Waals surface area contributed by atoms with Crippen LogP contribution in [0.3, 0.4) is 0 Å². The number of rotatable bonds is 7. The Hall–Kier alpha value is -8.52. The third kappa shape index (κ3) is 6.23. The molecule has 0 radical (unpaired) electrons. The Balaban J connectivity index is 1.03. The molecule has 0 spiro atoms. The highest BCUT2D eigenvalue weighted by Gasteiger charge is 2.41. The van der Waals surface area contributed by atoms with Gasteiger partial charge in [-0.3, -0.25) is 0 Å². The zero-order valence-electron chi connectivity index (χ0n) is 37.2. The van der Waals surface area contributed by atoms with Gasteiger partial charge in [0.25, 0.3) is 0 Å². The second kappa shape index (κ2) is 15.6. The van der Waals surface area contributed by atoms with E-state index in [4.69, 9.17) is 0 Å². The van der Waals surface area contributed by atoms with Gasteiger partial charge in [0.05, 0.1) is 0 Å². The van der Waals surface area contributed by atoms with E-state index >= 15 is 0 Å². The van der Waals surface area contributed by atoms with Crippen molar-refractivity contribution in [3.05, 3.63) is 271 Å². The van der Waals surface area contributed by atoms with Crippen molar-refractivity contribution in [3.8, 4) is 44.5 Å². The molecule has 12 aromatic carbocycles. The molecule has 1 aliphatic rings. The molecule has 0 aliphatic heterocycles. The Bertz CT molecular complexity index is 3850. The number of hydrogen-bond acceptors (Lipinski definition) is 1. The maximum absolute atomic E-state index is 2.46. The largest absolute Gasteiger partial charge is 0.310 e. The average Bonchev–Trinajstić information content (AvgIpc) is 3.66. The van der Waals surface area contributed by atoms with Crippen molar-refractivity contribution >= 4 is 60.2 Å². The molecule has 67 heavy (non-hydrogen) atoms. The zero-order chi connectivity index (χ0) is 44.5. The molecule has 12 aromatic rings. The van der Waals surface area contributed by atoms with E-state index in [-0.39, 0.29) is 5.41 Å². The summed E-state index contributed by atoms with van der Waals surface area (Å²) in [6.45, 7) is 2.39. The molecule has 1 nitrogen and oxygen atoms in total. The molecule has 13 rings (SSSR count). The molecule has 0 fully saturated rings. The van der Waals surface area contributed by atoms with Gasteiger partial charge < -0.3 is 4.90 Å². The Kier molecular flexibility index (Phi) is 9.05. The van der Waals surface area contributed by atoms with Crippen LogP contribution >= 0.6 is 0 Å². The van der Waals surface area contributed by atoms with Crippen LogP contribution in [0.4, 0.5) is 17.1 Å². The zero-order valence-corrected chi connectivity index (χ0v) is 37.2. The second-order valence-corrected chi connectivity index (χ2v) is 18.1. The number of nitrogens with zero attached hydrogens (tertiary/aromatic N) is 1. The first-order chi connectivity index (χ1) is 33.1. The fraction of sp³-hybridized carbons (Fsp3) is 0.0303. The van der Waals surface area contributed by atoms with Crippen molar-refractivity contribution < 1.29 is 0 Å². The normalized spacial score (nSPS) is 14.1. The minimum Gasteiger partial charge on any atom is -0.310 e. The van der Waals surface area contributed by atoms with Crippen molar-refractivity contribution in [1.82, 2.24) is 0 Å². The van der Waals surface area contributed by atoms with Gasteiger partial charge in [0.1, 0.15) is 0 Å². The lowest BCUT2D eigenvalue weighted by molar-refractivity contribution is 0.714. The highest BCUT2D eigenvalue weighted by molar-refractivity contribution is 6.22. The summed E-state index contributed by atoms with van der Waals surface area (Å²) in [5.41, 5.74) is 16.8. The van der Waals surface area contributed by atoms with E-state index in [0.717, 1.165) is 17.1 Å². The maximum Gasteiger partial charge on any atom is 0.0468 e. The van der Waals surface area contributed by atoms with Crippen LogP contribution in [0.1, 0.15) is 23.6 Å². The molecule has 0 heterocycles. The van der Waals surface area contributed by atoms with Gasteiger partial charge in [0.15, 0.2) is 0 Å². The lowest BCUT2D eigenvalue weighted by Gasteiger charge is -2.30. The van der Waals surface area contributed by atoms with E-state index in [1.165, 1.54) is 104 Å². The summed E-state index contributed by atoms with van der Waals surface area (Å²) in [7, 11) is 0. The predicted octanol–water partition coefficient (Wildman–Crippen LogP) is 18.1. The van der Waals surface area contributed by atoms with Crippen molar-refractivity contribution in [3.63, 3.8) is 0 Å². The summed E-state index contributed by atoms with van der Waals surface area (Å²) in [4.78, 5) is 2.46. The molecule has 314 valence electrons. The van der Waals surface area contributed by atoms with Crippen molar-refractivity contribution in [2.75, 3.05) is 4.90 Å². The Morgan fingerprint density at radius 1 is 0.284 bits per heavy atom. The standard InChI is InChI=1S/C66H45N/c1-66(50-22-9-4-10-23-50)62-28-16-15-26-58(62)60-42-53(37-40-63(60)66)67(51-34-31-44(32-35-51)48-33-38-55-49(41-48)30-29-45-17-11-12-24-54(45)55)52-36-39-57-56-25-13-14-27-59(56)64(46-18-5-2-6-19-46)65(61(57)43-52)47-20-7-3-8-21-47/h2-43H,1H3. The fourth-order valence-corrected chi connectivity index (χ4v) is 11.3. The summed E-state index contributed by atoms with van der Waals surface area (Å²) in [5.74, 6) is 0. The molecule has 0 aromatic heterocycles. The van der Waals surface area contributed by atoms with Crippen molar-refractivity contribution in [2.24, 2.45) is 0 Å². The number of fused-ring (bicyclic) bond motifs is 9. The lowest BCUT2D eigenvalue weighted by Crippen LogP contribution is -2.22. The quantitative estimate of drug-likeness (QED) is 0.144. The first kappa shape index (κ1) is 38.9. The third-order valence-corrected chi connectivity index (χ3v) is 14.5. The highest BCUT2D eigenvalue weighted by atomic mass is 15.1. The van der Waals surface area contributed by atoms with Gasteiger partial charge in [0, 0.05) is 22.5 Å². The lowest BCUT2D eigenvalue weighted by atomic mass is 9.74. The van der Waals surface area contributed by atoms with Crippen LogP contribution in [0.15, 0.2) is 255 Å². The summed E-state index contributed by atoms with van der Waals surface area (Å²) in [6, 6.07) is 94.2. The molecule has 0 saturated heterocycles. The minimum absolute atomic E-state index is 0.285. The van der Waals surface area contributed by atoms with Crippen LogP contribution in [0.2, 0.25) is 0 Å². The fourth-order valence-electron chi connectivity index (χ4n) is 11.3. The number of hydrogen-bond donors (Lipinski definition) is 0. The first-order valence-corrected chi connectivity index (χ1v) is 23.3. The molecule has 0 N–H and O–H groups in total. The van der Waals surface area contributed by atoms with Gasteiger partial charge in [-0.2, -0.15) is 0 Å². The van der Waals surface area contributed by atoms with Crippen LogP contribution < -0.4 is 4.90 Å². The molecule has 0 saturated carbocycles. The van der Waals surface area contributed by atoms with E-state index in [9.17, 15) is 0 Å². The third-order valence-electron chi connectivity index (χ3n) is 14.5. The number of anilines is 3. The summed E-state index contributed by atoms with van der Waals surface area (Å²) in [5, 5.41) is 10.0. The maximum atomic E-state index is 2.46. The monoisotopic (exact) mass is 851 g/mol. The molecule has 0 amide bonds. The second-order valence-electron chi connectivity index (χ2n) is 18.1. The molecular formula is C66H45N. The summed E-state index contributed by atoms with van der Waals surface area (Å²) >= 11 is 0.